The largest absolute Gasteiger partial charge is 0.396 e. The smallest absolute Gasteiger partial charge is 0.0514 e. The lowest BCUT2D eigenvalue weighted by molar-refractivity contribution is -0.0571. The predicted octanol–water partition coefficient (Wildman–Crippen LogP) is 2.09. The fourth-order valence-corrected chi connectivity index (χ4v) is 3.85. The van der Waals surface area contributed by atoms with Crippen LogP contribution >= 0.6 is 0 Å². The van der Waals surface area contributed by atoms with Gasteiger partial charge in [0.15, 0.2) is 0 Å². The molecule has 2 aliphatic rings. The number of aliphatic hydroxyl groups excluding tert-OH is 2. The van der Waals surface area contributed by atoms with Crippen LogP contribution in [0.5, 0.6) is 0 Å². The standard InChI is InChI=1S/C12H22O2/c13-9-12(10-14)8-4-7-11(12)5-2-1-3-6-11/h13-14H,1-10H2. The van der Waals surface area contributed by atoms with E-state index in [9.17, 15) is 10.2 Å². The highest BCUT2D eigenvalue weighted by Gasteiger charge is 2.53. The predicted molar refractivity (Wildman–Crippen MR) is 56.0 cm³/mol. The molecule has 1 spiro atoms. The maximum Gasteiger partial charge on any atom is 0.0514 e. The third kappa shape index (κ3) is 1.31. The van der Waals surface area contributed by atoms with Crippen LogP contribution in [0.25, 0.3) is 0 Å². The first-order chi connectivity index (χ1) is 6.79. The van der Waals surface area contributed by atoms with Crippen molar-refractivity contribution in [3.05, 3.63) is 0 Å². The molecule has 2 nitrogen and oxygen atoms in total. The van der Waals surface area contributed by atoms with E-state index in [1.165, 1.54) is 44.9 Å². The van der Waals surface area contributed by atoms with Crippen LogP contribution in [0.15, 0.2) is 0 Å². The van der Waals surface area contributed by atoms with Gasteiger partial charge in [0.1, 0.15) is 0 Å². The van der Waals surface area contributed by atoms with Crippen LogP contribution in [-0.4, -0.2) is 23.4 Å². The molecule has 0 aliphatic heterocycles. The Morgan fingerprint density at radius 2 is 1.29 bits per heavy atom. The summed E-state index contributed by atoms with van der Waals surface area (Å²) in [6.07, 6.45) is 9.84. The lowest BCUT2D eigenvalue weighted by atomic mass is 9.59. The van der Waals surface area contributed by atoms with E-state index in [1.54, 1.807) is 0 Å². The fraction of sp³-hybridized carbons (Fsp3) is 1.00. The molecule has 2 fully saturated rings. The molecule has 0 amide bonds. The van der Waals surface area contributed by atoms with Crippen LogP contribution in [0, 0.1) is 10.8 Å². The van der Waals surface area contributed by atoms with Crippen LogP contribution < -0.4 is 0 Å². The van der Waals surface area contributed by atoms with Gasteiger partial charge in [-0.3, -0.25) is 0 Å². The van der Waals surface area contributed by atoms with Crippen LogP contribution in [0.4, 0.5) is 0 Å². The van der Waals surface area contributed by atoms with Crippen molar-refractivity contribution >= 4 is 0 Å². The zero-order valence-electron chi connectivity index (χ0n) is 8.97. The minimum atomic E-state index is -0.145. The summed E-state index contributed by atoms with van der Waals surface area (Å²) >= 11 is 0. The summed E-state index contributed by atoms with van der Waals surface area (Å²) in [5.41, 5.74) is 0.141. The second kappa shape index (κ2) is 3.82. The molecule has 0 bridgehead atoms. The van der Waals surface area contributed by atoms with Crippen molar-refractivity contribution in [2.75, 3.05) is 13.2 Å². The summed E-state index contributed by atoms with van der Waals surface area (Å²) in [6, 6.07) is 0. The summed E-state index contributed by atoms with van der Waals surface area (Å²) in [5, 5.41) is 19.1. The van der Waals surface area contributed by atoms with Crippen LogP contribution in [-0.2, 0) is 0 Å². The Labute approximate surface area is 86.3 Å². The Morgan fingerprint density at radius 1 is 0.714 bits per heavy atom. The highest BCUT2D eigenvalue weighted by molar-refractivity contribution is 5.03. The summed E-state index contributed by atoms with van der Waals surface area (Å²) in [5.74, 6) is 0. The SMILES string of the molecule is OCC1(CO)CCCC12CCCCC2. The second-order valence-electron chi connectivity index (χ2n) is 5.29. The Hall–Kier alpha value is -0.0800. The van der Waals surface area contributed by atoms with E-state index < -0.39 is 0 Å². The molecule has 82 valence electrons. The number of aliphatic hydroxyl groups is 2. The third-order valence-corrected chi connectivity index (χ3v) is 4.85. The maximum atomic E-state index is 9.57. The minimum Gasteiger partial charge on any atom is -0.396 e. The van der Waals surface area contributed by atoms with Gasteiger partial charge in [-0.2, -0.15) is 0 Å². The summed E-state index contributed by atoms with van der Waals surface area (Å²) in [4.78, 5) is 0. The number of hydrogen-bond acceptors (Lipinski definition) is 2. The molecule has 0 aromatic carbocycles. The molecule has 2 rings (SSSR count). The zero-order chi connectivity index (χ0) is 10.1. The minimum absolute atomic E-state index is 0.145. The van der Waals surface area contributed by atoms with Crippen LogP contribution in [0.2, 0.25) is 0 Å². The van der Waals surface area contributed by atoms with E-state index in [1.807, 2.05) is 0 Å². The average molecular weight is 198 g/mol. The monoisotopic (exact) mass is 198 g/mol. The number of rotatable bonds is 2. The summed E-state index contributed by atoms with van der Waals surface area (Å²) in [7, 11) is 0. The molecule has 0 heterocycles. The molecule has 0 aromatic rings. The lowest BCUT2D eigenvalue weighted by Crippen LogP contribution is -2.44. The highest BCUT2D eigenvalue weighted by atomic mass is 16.3. The van der Waals surface area contributed by atoms with Gasteiger partial charge in [0, 0.05) is 5.41 Å². The van der Waals surface area contributed by atoms with E-state index in [4.69, 9.17) is 0 Å². The van der Waals surface area contributed by atoms with Gasteiger partial charge in [-0.15, -0.1) is 0 Å². The molecule has 0 atom stereocenters. The fourth-order valence-electron chi connectivity index (χ4n) is 3.85. The van der Waals surface area contributed by atoms with Crippen molar-refractivity contribution in [3.63, 3.8) is 0 Å². The van der Waals surface area contributed by atoms with Crippen molar-refractivity contribution in [2.24, 2.45) is 10.8 Å². The van der Waals surface area contributed by atoms with Crippen molar-refractivity contribution < 1.29 is 10.2 Å². The van der Waals surface area contributed by atoms with Gasteiger partial charge in [0.25, 0.3) is 0 Å². The third-order valence-electron chi connectivity index (χ3n) is 4.85. The quantitative estimate of drug-likeness (QED) is 0.713. The summed E-state index contributed by atoms with van der Waals surface area (Å²) in [6.45, 7) is 0.368. The van der Waals surface area contributed by atoms with Gasteiger partial charge >= 0.3 is 0 Å². The molecule has 0 radical (unpaired) electrons. The Balaban J connectivity index is 2.22. The highest BCUT2D eigenvalue weighted by Crippen LogP contribution is 2.59. The van der Waals surface area contributed by atoms with Gasteiger partial charge < -0.3 is 10.2 Å². The first-order valence-electron chi connectivity index (χ1n) is 6.00. The molecule has 14 heavy (non-hydrogen) atoms. The van der Waals surface area contributed by atoms with Gasteiger partial charge in [-0.05, 0) is 31.1 Å². The molecule has 2 heteroatoms. The van der Waals surface area contributed by atoms with Gasteiger partial charge in [-0.25, -0.2) is 0 Å². The first kappa shape index (κ1) is 10.4. The van der Waals surface area contributed by atoms with Gasteiger partial charge in [0.05, 0.1) is 13.2 Å². The molecular formula is C12H22O2. The van der Waals surface area contributed by atoms with E-state index in [-0.39, 0.29) is 24.0 Å². The van der Waals surface area contributed by atoms with E-state index in [0.29, 0.717) is 0 Å². The second-order valence-corrected chi connectivity index (χ2v) is 5.29. The first-order valence-corrected chi connectivity index (χ1v) is 6.00. The van der Waals surface area contributed by atoms with Gasteiger partial charge in [-0.1, -0.05) is 25.7 Å². The molecule has 0 aromatic heterocycles. The molecule has 2 aliphatic carbocycles. The average Bonchev–Trinajstić information content (AvgIpc) is 2.58. The summed E-state index contributed by atoms with van der Waals surface area (Å²) < 4.78 is 0. The van der Waals surface area contributed by atoms with Crippen molar-refractivity contribution in [3.8, 4) is 0 Å². The molecule has 0 saturated heterocycles. The Kier molecular flexibility index (Phi) is 2.85. The Morgan fingerprint density at radius 3 is 1.86 bits per heavy atom. The van der Waals surface area contributed by atoms with E-state index in [2.05, 4.69) is 0 Å². The molecule has 2 saturated carbocycles. The topological polar surface area (TPSA) is 40.5 Å². The normalized spacial score (nSPS) is 29.6. The number of hydrogen-bond donors (Lipinski definition) is 2. The van der Waals surface area contributed by atoms with Crippen molar-refractivity contribution in [1.29, 1.82) is 0 Å². The zero-order valence-corrected chi connectivity index (χ0v) is 8.97. The lowest BCUT2D eigenvalue weighted by Gasteiger charge is -2.47. The van der Waals surface area contributed by atoms with E-state index in [0.717, 1.165) is 6.42 Å². The van der Waals surface area contributed by atoms with Crippen LogP contribution in [0.1, 0.15) is 51.4 Å². The van der Waals surface area contributed by atoms with E-state index >= 15 is 0 Å². The molecule has 2 N–H and O–H groups in total. The van der Waals surface area contributed by atoms with Gasteiger partial charge in [0.2, 0.25) is 0 Å². The van der Waals surface area contributed by atoms with Crippen molar-refractivity contribution in [1.82, 2.24) is 0 Å². The molecule has 0 unspecified atom stereocenters. The van der Waals surface area contributed by atoms with Crippen LogP contribution in [0.3, 0.4) is 0 Å². The maximum absolute atomic E-state index is 9.57. The van der Waals surface area contributed by atoms with Crippen molar-refractivity contribution in [2.45, 2.75) is 51.4 Å². The Bertz CT molecular complexity index is 190. The molecular weight excluding hydrogens is 176 g/mol.